The number of urea groups is 1. The van der Waals surface area contributed by atoms with Crippen LogP contribution in [0.25, 0.3) is 0 Å². The van der Waals surface area contributed by atoms with Gasteiger partial charge in [-0.3, -0.25) is 14.8 Å². The van der Waals surface area contributed by atoms with E-state index >= 15 is 0 Å². The van der Waals surface area contributed by atoms with Crippen LogP contribution in [0, 0.1) is 0 Å². The molecule has 2 aromatic heterocycles. The summed E-state index contributed by atoms with van der Waals surface area (Å²) in [5, 5.41) is 18.4. The van der Waals surface area contributed by atoms with E-state index in [9.17, 15) is 14.7 Å². The second-order valence-electron chi connectivity index (χ2n) is 13.3. The van der Waals surface area contributed by atoms with Crippen molar-refractivity contribution in [3.8, 4) is 0 Å². The Kier molecular flexibility index (Phi) is 16.6. The van der Waals surface area contributed by atoms with Gasteiger partial charge in [-0.05, 0) is 92.6 Å². The maximum Gasteiger partial charge on any atom is 0.315 e. The van der Waals surface area contributed by atoms with Crippen molar-refractivity contribution in [3.63, 3.8) is 0 Å². The number of hydrogen-bond donors (Lipinski definition) is 3. The van der Waals surface area contributed by atoms with Crippen LogP contribution in [0.3, 0.4) is 0 Å². The lowest BCUT2D eigenvalue weighted by atomic mass is 9.73. The third-order valence-electron chi connectivity index (χ3n) is 10.2. The largest absolute Gasteiger partial charge is 0.385 e. The molecule has 2 aromatic carbocycles. The molecule has 2 fully saturated rings. The highest BCUT2D eigenvalue weighted by atomic mass is 35.5. The minimum Gasteiger partial charge on any atom is -0.385 e. The number of amides is 3. The molecule has 0 bridgehead atoms. The Labute approximate surface area is 330 Å². The number of halogens is 4. The average molecular weight is 791 g/mol. The molecule has 0 aliphatic carbocycles. The molecule has 4 heterocycles. The van der Waals surface area contributed by atoms with E-state index in [1.54, 1.807) is 24.5 Å². The third kappa shape index (κ3) is 10.6. The Balaban J connectivity index is 0.00000243. The fourth-order valence-corrected chi connectivity index (χ4v) is 7.40. The van der Waals surface area contributed by atoms with Crippen molar-refractivity contribution in [3.05, 3.63) is 131 Å². The van der Waals surface area contributed by atoms with E-state index < -0.39 is 11.0 Å². The van der Waals surface area contributed by atoms with Gasteiger partial charge in [-0.1, -0.05) is 60.1 Å². The first-order chi connectivity index (χ1) is 23.8. The molecule has 6 rings (SSSR count). The second kappa shape index (κ2) is 20.1. The fourth-order valence-electron chi connectivity index (χ4n) is 7.27. The lowest BCUT2D eigenvalue weighted by Crippen LogP contribution is -2.51. The van der Waals surface area contributed by atoms with Gasteiger partial charge in [0, 0.05) is 62.4 Å². The molecule has 13 heteroatoms. The Morgan fingerprint density at radius 2 is 1.56 bits per heavy atom. The molecule has 3 amide bonds. The van der Waals surface area contributed by atoms with Crippen LogP contribution in [0.1, 0.15) is 65.7 Å². The van der Waals surface area contributed by atoms with Crippen molar-refractivity contribution in [2.24, 2.45) is 0 Å². The Hall–Kier alpha value is -3.44. The third-order valence-corrected chi connectivity index (χ3v) is 10.5. The van der Waals surface area contributed by atoms with Gasteiger partial charge in [-0.15, -0.1) is 37.2 Å². The highest BCUT2D eigenvalue weighted by Crippen LogP contribution is 2.37. The minimum absolute atomic E-state index is 0. The number of aliphatic hydroxyl groups is 1. The zero-order valence-corrected chi connectivity index (χ0v) is 32.2. The summed E-state index contributed by atoms with van der Waals surface area (Å²) in [4.78, 5) is 39.4. The molecule has 3 N–H and O–H groups in total. The molecule has 1 unspecified atom stereocenters. The summed E-state index contributed by atoms with van der Waals surface area (Å²) >= 11 is 6.08. The van der Waals surface area contributed by atoms with Gasteiger partial charge in [0.15, 0.2) is 0 Å². The topological polar surface area (TPSA) is 111 Å². The monoisotopic (exact) mass is 788 g/mol. The molecule has 0 spiro atoms. The van der Waals surface area contributed by atoms with Gasteiger partial charge in [-0.2, -0.15) is 0 Å². The first-order valence-electron chi connectivity index (χ1n) is 17.3. The maximum atomic E-state index is 13.4. The van der Waals surface area contributed by atoms with Crippen molar-refractivity contribution in [1.29, 1.82) is 0 Å². The Morgan fingerprint density at radius 1 is 0.865 bits per heavy atom. The number of rotatable bonds is 11. The molecule has 1 atom stereocenters. The zero-order chi connectivity index (χ0) is 34.1. The summed E-state index contributed by atoms with van der Waals surface area (Å²) < 4.78 is 0. The van der Waals surface area contributed by atoms with Crippen molar-refractivity contribution in [2.45, 2.75) is 55.6 Å². The van der Waals surface area contributed by atoms with Crippen LogP contribution >= 0.6 is 48.8 Å². The lowest BCUT2D eigenvalue weighted by Gasteiger charge is -2.39. The summed E-state index contributed by atoms with van der Waals surface area (Å²) in [6.45, 7) is 4.01. The smallest absolute Gasteiger partial charge is 0.315 e. The number of carbonyl (C=O) groups excluding carboxylic acids is 2. The van der Waals surface area contributed by atoms with Gasteiger partial charge >= 0.3 is 6.03 Å². The molecule has 280 valence electrons. The second-order valence-corrected chi connectivity index (χ2v) is 13.7. The highest BCUT2D eigenvalue weighted by molar-refractivity contribution is 6.30. The van der Waals surface area contributed by atoms with Gasteiger partial charge in [0.1, 0.15) is 0 Å². The van der Waals surface area contributed by atoms with E-state index in [0.29, 0.717) is 55.9 Å². The van der Waals surface area contributed by atoms with E-state index in [1.165, 1.54) is 0 Å². The zero-order valence-electron chi connectivity index (χ0n) is 29.0. The lowest BCUT2D eigenvalue weighted by molar-refractivity contribution is -0.0262. The predicted octanol–water partition coefficient (Wildman–Crippen LogP) is 7.05. The predicted molar refractivity (Wildman–Crippen MR) is 213 cm³/mol. The number of likely N-dealkylation sites (tertiary alicyclic amines) is 2. The van der Waals surface area contributed by atoms with Crippen LogP contribution in [0.5, 0.6) is 0 Å². The van der Waals surface area contributed by atoms with E-state index in [1.807, 2.05) is 65.7 Å². The number of carbonyl (C=O) groups is 2. The molecular formula is C39H48Cl4N6O3. The molecule has 52 heavy (non-hydrogen) atoms. The molecule has 9 nitrogen and oxygen atoms in total. The minimum atomic E-state index is -0.842. The molecule has 0 radical (unpaired) electrons. The number of nitrogens with one attached hydrogen (secondary N) is 2. The van der Waals surface area contributed by atoms with Gasteiger partial charge in [0.05, 0.1) is 22.3 Å². The van der Waals surface area contributed by atoms with Crippen LogP contribution in [-0.4, -0.2) is 82.1 Å². The van der Waals surface area contributed by atoms with E-state index in [0.717, 1.165) is 49.3 Å². The number of nitrogens with zero attached hydrogens (tertiary/aromatic N) is 4. The summed E-state index contributed by atoms with van der Waals surface area (Å²) in [6.07, 6.45) is 9.43. The molecule has 2 aliphatic rings. The van der Waals surface area contributed by atoms with Crippen LogP contribution < -0.4 is 10.6 Å². The summed E-state index contributed by atoms with van der Waals surface area (Å²) in [7, 11) is 0. The van der Waals surface area contributed by atoms with Crippen molar-refractivity contribution < 1.29 is 14.7 Å². The van der Waals surface area contributed by atoms with Gasteiger partial charge in [0.2, 0.25) is 0 Å². The van der Waals surface area contributed by atoms with Crippen molar-refractivity contribution >= 4 is 60.8 Å². The van der Waals surface area contributed by atoms with Gasteiger partial charge in [-0.25, -0.2) is 4.79 Å². The SMILES string of the molecule is Cl.Cl.Cl.O=C(NCC(CCCN1CCC(O)(c2ccc(Cl)cc2)CC1)(c1ccccc1)c1ccccn1)NC1CCN(C(=O)c2cccnc2)CC1. The molecule has 4 aromatic rings. The van der Waals surface area contributed by atoms with Crippen molar-refractivity contribution in [2.75, 3.05) is 39.3 Å². The summed E-state index contributed by atoms with van der Waals surface area (Å²) in [5.74, 6) is -0.0270. The Bertz CT molecular complexity index is 1620. The standard InChI is InChI=1S/C39H45ClN6O3.3ClH/c40-33-14-12-32(13-15-33)39(49)19-26-45(27-20-39)23-7-18-38(31-9-2-1-3-10-31,35-11-4-5-22-42-35)29-43-37(48)44-34-16-24-46(25-17-34)36(47)30-8-6-21-41-28-30;;;/h1-6,8-15,21-22,28,34,49H,7,16-20,23-27,29H2,(H2,43,44,48);3*1H. The number of hydrogen-bond acceptors (Lipinski definition) is 6. The fraction of sp³-hybridized carbons (Fsp3) is 0.385. The van der Waals surface area contributed by atoms with E-state index in [-0.39, 0.29) is 55.2 Å². The summed E-state index contributed by atoms with van der Waals surface area (Å²) in [5.41, 5.74) is 2.14. The normalized spacial score (nSPS) is 16.9. The van der Waals surface area contributed by atoms with E-state index in [2.05, 4.69) is 38.7 Å². The highest BCUT2D eigenvalue weighted by Gasteiger charge is 2.38. The average Bonchev–Trinajstić information content (AvgIpc) is 3.15. The first-order valence-corrected chi connectivity index (χ1v) is 17.6. The molecule has 2 aliphatic heterocycles. The number of pyridine rings is 2. The first kappa shape index (κ1) is 43.0. The van der Waals surface area contributed by atoms with Gasteiger partial charge in [0.25, 0.3) is 5.91 Å². The summed E-state index contributed by atoms with van der Waals surface area (Å²) in [6, 6.07) is 27.1. The van der Waals surface area contributed by atoms with Gasteiger partial charge < -0.3 is 25.5 Å². The quantitative estimate of drug-likeness (QED) is 0.150. The Morgan fingerprint density at radius 3 is 2.19 bits per heavy atom. The molecule has 0 saturated carbocycles. The molecule has 2 saturated heterocycles. The molecular weight excluding hydrogens is 742 g/mol. The van der Waals surface area contributed by atoms with Crippen LogP contribution in [0.15, 0.2) is 104 Å². The van der Waals surface area contributed by atoms with Crippen LogP contribution in [0.2, 0.25) is 5.02 Å². The maximum absolute atomic E-state index is 13.4. The van der Waals surface area contributed by atoms with Crippen molar-refractivity contribution in [1.82, 2.24) is 30.4 Å². The van der Waals surface area contributed by atoms with Crippen LogP contribution in [-0.2, 0) is 11.0 Å². The van der Waals surface area contributed by atoms with E-state index in [4.69, 9.17) is 16.6 Å². The number of aromatic nitrogens is 2. The van der Waals surface area contributed by atoms with Crippen LogP contribution in [0.4, 0.5) is 4.79 Å². The number of piperidine rings is 2. The number of benzene rings is 2.